The highest BCUT2D eigenvalue weighted by Crippen LogP contribution is 2.18. The van der Waals surface area contributed by atoms with Gasteiger partial charge in [0.15, 0.2) is 11.6 Å². The third kappa shape index (κ3) is 3.12. The highest BCUT2D eigenvalue weighted by Gasteiger charge is 2.10. The van der Waals surface area contributed by atoms with Crippen molar-refractivity contribution in [2.45, 2.75) is 0 Å². The van der Waals surface area contributed by atoms with Gasteiger partial charge < -0.3 is 10.2 Å². The van der Waals surface area contributed by atoms with Gasteiger partial charge in [0.05, 0.1) is 0 Å². The molecule has 0 saturated carbocycles. The molecule has 0 spiro atoms. The van der Waals surface area contributed by atoms with Crippen LogP contribution in [0.25, 0.3) is 0 Å². The van der Waals surface area contributed by atoms with Crippen LogP contribution in [0.2, 0.25) is 0 Å². The third-order valence-corrected chi connectivity index (χ3v) is 2.80. The molecule has 20 heavy (non-hydrogen) atoms. The van der Waals surface area contributed by atoms with Crippen LogP contribution in [-0.2, 0) is 0 Å². The number of nitrogens with one attached hydrogen (secondary N) is 1. The molecule has 2 rings (SSSR count). The average molecular weight is 276 g/mol. The van der Waals surface area contributed by atoms with Crippen molar-refractivity contribution >= 4 is 17.3 Å². The predicted molar refractivity (Wildman–Crippen MR) is 75.1 cm³/mol. The lowest BCUT2D eigenvalue weighted by Gasteiger charge is -2.14. The first-order valence-electron chi connectivity index (χ1n) is 6.01. The number of nitrogens with zero attached hydrogens (tertiary/aromatic N) is 1. The fraction of sp³-hybridized carbons (Fsp3) is 0.133. The van der Waals surface area contributed by atoms with Crippen molar-refractivity contribution < 1.29 is 13.6 Å². The first-order chi connectivity index (χ1) is 9.47. The molecule has 0 aliphatic carbocycles. The Hall–Kier alpha value is -2.43. The van der Waals surface area contributed by atoms with E-state index in [1.165, 1.54) is 6.07 Å². The van der Waals surface area contributed by atoms with Gasteiger partial charge in [0.2, 0.25) is 0 Å². The van der Waals surface area contributed by atoms with E-state index in [-0.39, 0.29) is 5.56 Å². The summed E-state index contributed by atoms with van der Waals surface area (Å²) >= 11 is 0. The predicted octanol–water partition coefficient (Wildman–Crippen LogP) is 3.28. The standard InChI is InChI=1S/C15H14F2N2O/c1-19(2)12-5-3-4-11(9-12)18-15(20)10-6-7-13(16)14(17)8-10/h3-9H,1-2H3,(H,18,20). The van der Waals surface area contributed by atoms with E-state index >= 15 is 0 Å². The summed E-state index contributed by atoms with van der Waals surface area (Å²) in [5.41, 5.74) is 1.58. The maximum atomic E-state index is 13.1. The quantitative estimate of drug-likeness (QED) is 0.933. The molecule has 0 heterocycles. The molecule has 2 aromatic carbocycles. The molecule has 104 valence electrons. The molecular weight excluding hydrogens is 262 g/mol. The van der Waals surface area contributed by atoms with E-state index in [2.05, 4.69) is 5.32 Å². The zero-order chi connectivity index (χ0) is 14.7. The molecule has 0 fully saturated rings. The van der Waals surface area contributed by atoms with Gasteiger partial charge in [-0.25, -0.2) is 8.78 Å². The Morgan fingerprint density at radius 2 is 1.80 bits per heavy atom. The molecule has 0 aliphatic heterocycles. The van der Waals surface area contributed by atoms with Crippen molar-refractivity contribution in [3.8, 4) is 0 Å². The van der Waals surface area contributed by atoms with Crippen LogP contribution in [-0.4, -0.2) is 20.0 Å². The number of amides is 1. The van der Waals surface area contributed by atoms with Gasteiger partial charge in [0.1, 0.15) is 0 Å². The smallest absolute Gasteiger partial charge is 0.255 e. The summed E-state index contributed by atoms with van der Waals surface area (Å²) < 4.78 is 25.9. The van der Waals surface area contributed by atoms with E-state index in [0.717, 1.165) is 17.8 Å². The molecule has 0 atom stereocenters. The topological polar surface area (TPSA) is 32.3 Å². The molecule has 0 radical (unpaired) electrons. The number of hydrogen-bond acceptors (Lipinski definition) is 2. The molecule has 2 aromatic rings. The Bertz CT molecular complexity index is 642. The maximum Gasteiger partial charge on any atom is 0.255 e. The Kier molecular flexibility index (Phi) is 3.98. The Morgan fingerprint density at radius 3 is 2.45 bits per heavy atom. The minimum absolute atomic E-state index is 0.0687. The van der Waals surface area contributed by atoms with Crippen molar-refractivity contribution in [2.24, 2.45) is 0 Å². The summed E-state index contributed by atoms with van der Waals surface area (Å²) in [6.45, 7) is 0. The van der Waals surface area contributed by atoms with Gasteiger partial charge in [-0.1, -0.05) is 6.07 Å². The van der Waals surface area contributed by atoms with Crippen LogP contribution in [0.4, 0.5) is 20.2 Å². The van der Waals surface area contributed by atoms with Crippen molar-refractivity contribution in [1.82, 2.24) is 0 Å². The molecule has 1 amide bonds. The van der Waals surface area contributed by atoms with Crippen molar-refractivity contribution in [3.05, 3.63) is 59.7 Å². The van der Waals surface area contributed by atoms with E-state index < -0.39 is 17.5 Å². The van der Waals surface area contributed by atoms with Crippen LogP contribution < -0.4 is 10.2 Å². The lowest BCUT2D eigenvalue weighted by molar-refractivity contribution is 0.102. The fourth-order valence-corrected chi connectivity index (χ4v) is 1.70. The Morgan fingerprint density at radius 1 is 1.05 bits per heavy atom. The van der Waals surface area contributed by atoms with Crippen LogP contribution in [0.1, 0.15) is 10.4 Å². The number of carbonyl (C=O) groups excluding carboxylic acids is 1. The lowest BCUT2D eigenvalue weighted by Crippen LogP contribution is -2.13. The number of anilines is 2. The van der Waals surface area contributed by atoms with Gasteiger partial charge in [-0.2, -0.15) is 0 Å². The van der Waals surface area contributed by atoms with E-state index in [0.29, 0.717) is 5.69 Å². The molecular formula is C15H14F2N2O. The molecule has 1 N–H and O–H groups in total. The largest absolute Gasteiger partial charge is 0.378 e. The van der Waals surface area contributed by atoms with Gasteiger partial charge >= 0.3 is 0 Å². The first kappa shape index (κ1) is 14.0. The van der Waals surface area contributed by atoms with Crippen molar-refractivity contribution in [2.75, 3.05) is 24.3 Å². The molecule has 0 saturated heterocycles. The first-order valence-corrected chi connectivity index (χ1v) is 6.01. The van der Waals surface area contributed by atoms with Gasteiger partial charge in [0, 0.05) is 31.0 Å². The molecule has 0 unspecified atom stereocenters. The fourth-order valence-electron chi connectivity index (χ4n) is 1.70. The number of carbonyl (C=O) groups is 1. The minimum atomic E-state index is -1.04. The zero-order valence-electron chi connectivity index (χ0n) is 11.2. The van der Waals surface area contributed by atoms with E-state index in [9.17, 15) is 13.6 Å². The normalized spacial score (nSPS) is 10.2. The molecule has 0 bridgehead atoms. The van der Waals surface area contributed by atoms with Crippen LogP contribution in [0.5, 0.6) is 0 Å². The van der Waals surface area contributed by atoms with Crippen molar-refractivity contribution in [3.63, 3.8) is 0 Å². The minimum Gasteiger partial charge on any atom is -0.378 e. The number of benzene rings is 2. The van der Waals surface area contributed by atoms with Crippen LogP contribution in [0.3, 0.4) is 0 Å². The van der Waals surface area contributed by atoms with Gasteiger partial charge in [-0.3, -0.25) is 4.79 Å². The Balaban J connectivity index is 2.19. The third-order valence-electron chi connectivity index (χ3n) is 2.80. The second-order valence-electron chi connectivity index (χ2n) is 4.53. The molecule has 0 aliphatic rings. The molecule has 0 aromatic heterocycles. The zero-order valence-corrected chi connectivity index (χ0v) is 11.2. The van der Waals surface area contributed by atoms with Gasteiger partial charge in [-0.05, 0) is 36.4 Å². The molecule has 3 nitrogen and oxygen atoms in total. The number of halogens is 2. The summed E-state index contributed by atoms with van der Waals surface area (Å²) in [6.07, 6.45) is 0. The SMILES string of the molecule is CN(C)c1cccc(NC(=O)c2ccc(F)c(F)c2)c1. The van der Waals surface area contributed by atoms with Crippen LogP contribution in [0.15, 0.2) is 42.5 Å². The second kappa shape index (κ2) is 5.69. The highest BCUT2D eigenvalue weighted by atomic mass is 19.2. The average Bonchev–Trinajstić information content (AvgIpc) is 2.42. The van der Waals surface area contributed by atoms with Gasteiger partial charge in [0.25, 0.3) is 5.91 Å². The van der Waals surface area contributed by atoms with E-state index in [1.54, 1.807) is 18.2 Å². The summed E-state index contributed by atoms with van der Waals surface area (Å²) in [4.78, 5) is 13.8. The highest BCUT2D eigenvalue weighted by molar-refractivity contribution is 6.04. The van der Waals surface area contributed by atoms with Gasteiger partial charge in [-0.15, -0.1) is 0 Å². The van der Waals surface area contributed by atoms with Crippen LogP contribution >= 0.6 is 0 Å². The van der Waals surface area contributed by atoms with Crippen LogP contribution in [0, 0.1) is 11.6 Å². The van der Waals surface area contributed by atoms with E-state index in [1.807, 2.05) is 25.1 Å². The maximum absolute atomic E-state index is 13.1. The number of hydrogen-bond donors (Lipinski definition) is 1. The molecule has 5 heteroatoms. The lowest BCUT2D eigenvalue weighted by atomic mass is 10.2. The summed E-state index contributed by atoms with van der Waals surface area (Å²) in [5.74, 6) is -2.50. The second-order valence-corrected chi connectivity index (χ2v) is 4.53. The summed E-state index contributed by atoms with van der Waals surface area (Å²) in [7, 11) is 3.77. The monoisotopic (exact) mass is 276 g/mol. The Labute approximate surface area is 115 Å². The summed E-state index contributed by atoms with van der Waals surface area (Å²) in [6, 6.07) is 10.3. The summed E-state index contributed by atoms with van der Waals surface area (Å²) in [5, 5.41) is 2.65. The number of rotatable bonds is 3. The van der Waals surface area contributed by atoms with E-state index in [4.69, 9.17) is 0 Å². The van der Waals surface area contributed by atoms with Crippen molar-refractivity contribution in [1.29, 1.82) is 0 Å².